The van der Waals surface area contributed by atoms with Gasteiger partial charge in [-0.15, -0.1) is 0 Å². The number of carbonyl (C=O) groups is 10. The molecular weight excluding hydrogens is 1220 g/mol. The molecule has 28 heteroatoms. The monoisotopic (exact) mass is 1340 g/mol. The van der Waals surface area contributed by atoms with E-state index in [0.29, 0.717) is 116 Å². The zero-order valence-electron chi connectivity index (χ0n) is 57.5. The van der Waals surface area contributed by atoms with Crippen molar-refractivity contribution in [2.75, 3.05) is 19.6 Å². The van der Waals surface area contributed by atoms with Gasteiger partial charge in [0, 0.05) is 68.0 Å². The number of aromatic hydroxyl groups is 1. The topological polar surface area (TPSA) is 465 Å². The Kier molecular flexibility index (Phi) is 36.6. The maximum absolute atomic E-state index is 14.3. The van der Waals surface area contributed by atoms with E-state index in [2.05, 4.69) is 63.8 Å². The van der Waals surface area contributed by atoms with Crippen molar-refractivity contribution in [3.63, 3.8) is 0 Å². The molecule has 4 rings (SSSR count). The number of benzene rings is 1. The minimum Gasteiger partial charge on any atom is -0.508 e. The van der Waals surface area contributed by atoms with Gasteiger partial charge in [0.1, 0.15) is 24.2 Å². The normalized spacial score (nSPS) is 21.0. The van der Waals surface area contributed by atoms with Crippen molar-refractivity contribution in [1.29, 1.82) is 0 Å². The van der Waals surface area contributed by atoms with E-state index in [0.717, 1.165) is 50.5 Å². The summed E-state index contributed by atoms with van der Waals surface area (Å²) in [7, 11) is 0. The van der Waals surface area contributed by atoms with E-state index in [-0.39, 0.29) is 84.6 Å². The zero-order chi connectivity index (χ0) is 70.0. The van der Waals surface area contributed by atoms with Gasteiger partial charge in [0.25, 0.3) is 0 Å². The summed E-state index contributed by atoms with van der Waals surface area (Å²) < 4.78 is 0. The molecule has 0 radical (unpaired) electrons. The second kappa shape index (κ2) is 43.2. The third kappa shape index (κ3) is 30.7. The minimum absolute atomic E-state index is 0.0477. The lowest BCUT2D eigenvalue weighted by Crippen LogP contribution is -2.59. The average Bonchev–Trinajstić information content (AvgIpc) is 0.885. The molecule has 0 bridgehead atoms. The number of phenols is 1. The predicted molar refractivity (Wildman–Crippen MR) is 365 cm³/mol. The van der Waals surface area contributed by atoms with Crippen LogP contribution in [0.15, 0.2) is 24.3 Å². The van der Waals surface area contributed by atoms with Gasteiger partial charge in [-0.3, -0.25) is 33.6 Å². The highest BCUT2D eigenvalue weighted by molar-refractivity contribution is 5.86. The highest BCUT2D eigenvalue weighted by Crippen LogP contribution is 2.29. The lowest BCUT2D eigenvalue weighted by atomic mass is 9.83. The number of rotatable bonds is 40. The maximum atomic E-state index is 14.3. The van der Waals surface area contributed by atoms with Crippen molar-refractivity contribution < 1.29 is 53.1 Å². The number of hydrogen-bond acceptors (Lipinski definition) is 15. The second-order valence-corrected chi connectivity index (χ2v) is 27.6. The Labute approximate surface area is 562 Å². The molecule has 3 aliphatic rings. The number of urea groups is 3. The number of amides is 13. The van der Waals surface area contributed by atoms with Crippen LogP contribution in [0.4, 0.5) is 14.4 Å². The predicted octanol–water partition coefficient (Wildman–Crippen LogP) is 3.02. The van der Waals surface area contributed by atoms with Crippen LogP contribution >= 0.6 is 0 Å². The van der Waals surface area contributed by atoms with Crippen molar-refractivity contribution >= 4 is 59.4 Å². The van der Waals surface area contributed by atoms with Crippen molar-refractivity contribution in [3.05, 3.63) is 29.8 Å². The van der Waals surface area contributed by atoms with E-state index in [1.165, 1.54) is 0 Å². The Balaban J connectivity index is 1.33. The molecule has 13 amide bonds. The van der Waals surface area contributed by atoms with E-state index < -0.39 is 103 Å². The van der Waals surface area contributed by atoms with Gasteiger partial charge >= 0.3 is 18.1 Å². The fraction of sp³-hybridized carbons (Fsp3) is 0.761. The number of nitrogens with two attached hydrogens (primary N) is 5. The second-order valence-electron chi connectivity index (χ2n) is 27.6. The summed E-state index contributed by atoms with van der Waals surface area (Å²) in [6, 6.07) is 1.16. The van der Waals surface area contributed by atoms with Gasteiger partial charge < -0.3 is 97.6 Å². The van der Waals surface area contributed by atoms with Gasteiger partial charge in [0.15, 0.2) is 0 Å². The Bertz CT molecular complexity index is 2560. The van der Waals surface area contributed by atoms with Crippen molar-refractivity contribution in [2.45, 2.75) is 269 Å². The van der Waals surface area contributed by atoms with Crippen LogP contribution in [-0.4, -0.2) is 145 Å². The number of hydrogen-bond donors (Lipinski definition) is 18. The lowest BCUT2D eigenvalue weighted by molar-refractivity contribution is -0.131. The highest BCUT2D eigenvalue weighted by atomic mass is 16.3. The summed E-state index contributed by atoms with van der Waals surface area (Å²) in [6.07, 6.45) is 11.0. The number of primary amides is 1. The molecule has 0 saturated heterocycles. The smallest absolute Gasteiger partial charge is 0.316 e. The molecule has 0 aliphatic heterocycles. The van der Waals surface area contributed by atoms with E-state index in [4.69, 9.17) is 28.7 Å². The van der Waals surface area contributed by atoms with Gasteiger partial charge in [-0.25, -0.2) is 14.4 Å². The molecular formula is C67H119N17O11. The van der Waals surface area contributed by atoms with Crippen LogP contribution < -0.4 is 92.5 Å². The van der Waals surface area contributed by atoms with Crippen LogP contribution in [0.5, 0.6) is 5.75 Å². The minimum atomic E-state index is -0.841. The standard InChI is InChI=1S/C67H119N17O11/c1-40(2)59(82-65(93)73-45(37-55(72)86)19-13-16-32-68)79-63(91)50-23-8-11-26-53(50)77-57(88)39-47(21-15-18-34-70)75-67(95)84-61(42(5)6)81-64(92)51-24-9-12-27-54(51)78-58(89)38-46(20-14-17-33-69)74-66(94)83-60(41(3)4)80-62(90)49-22-7-10-25-52(49)76-56(87)36-44(71)35-43-28-30-48(85)31-29-43/h28-31,40-42,44-47,49-54,59-61,85H,7-27,32-39,68-71H2,1-6H3,(H2,72,86)(H,76,87)(H,77,88)(H,78,89)(H,79,91)(H,80,90)(H,81,92)(H2,73,82,93)(H2,74,83,94)(H2,75,84,95)/t44-,45-,46-,47-,49-,50-,51-,52-,53-,54-,59+,60+,61+/m0/s1. The number of unbranched alkanes of at least 4 members (excludes halogenated alkanes) is 3. The Hall–Kier alpha value is -7.04. The first-order chi connectivity index (χ1) is 45.3. The summed E-state index contributed by atoms with van der Waals surface area (Å²) in [4.78, 5) is 136. The van der Waals surface area contributed by atoms with Gasteiger partial charge in [0.2, 0.25) is 41.4 Å². The summed E-state index contributed by atoms with van der Waals surface area (Å²) in [5.74, 6) is -4.92. The molecule has 0 unspecified atom stereocenters. The Morgan fingerprint density at radius 1 is 0.421 bits per heavy atom. The SMILES string of the molecule is CC(C)[C@@H](NC(=O)N[C@@H](CCCCN)CC(N)=O)NC(=O)[C@H]1CCCC[C@@H]1NC(=O)C[C@H](CCCCN)NC(=O)N[C@@H](NC(=O)[C@H]1CCCC[C@@H]1NC(=O)C[C@H](CCCCN)NC(=O)N[C@@H](NC(=O)[C@H]1CCCC[C@@H]1NC(=O)C[C@@H](N)Cc1ccc(O)cc1)C(C)C)C(C)C. The van der Waals surface area contributed by atoms with Crippen molar-refractivity contribution in [2.24, 2.45) is 64.2 Å². The van der Waals surface area contributed by atoms with Crippen molar-refractivity contribution in [3.8, 4) is 5.75 Å². The fourth-order valence-corrected chi connectivity index (χ4v) is 12.9. The number of phenolic OH excluding ortho intramolecular Hbond substituents is 1. The molecule has 1 aromatic carbocycles. The molecule has 0 spiro atoms. The van der Waals surface area contributed by atoms with E-state index >= 15 is 0 Å². The Morgan fingerprint density at radius 2 is 0.726 bits per heavy atom. The maximum Gasteiger partial charge on any atom is 0.316 e. The third-order valence-electron chi connectivity index (χ3n) is 18.3. The summed E-state index contributed by atoms with van der Waals surface area (Å²) >= 11 is 0. The first kappa shape index (κ1) is 80.4. The molecule has 28 nitrogen and oxygen atoms in total. The van der Waals surface area contributed by atoms with Crippen molar-refractivity contribution in [1.82, 2.24) is 63.8 Å². The molecule has 1 aromatic rings. The first-order valence-electron chi connectivity index (χ1n) is 35.2. The van der Waals surface area contributed by atoms with Crippen LogP contribution in [0.2, 0.25) is 0 Å². The largest absolute Gasteiger partial charge is 0.508 e. The fourth-order valence-electron chi connectivity index (χ4n) is 12.9. The molecule has 538 valence electrons. The average molecular weight is 1340 g/mol. The van der Waals surface area contributed by atoms with Crippen LogP contribution in [0.1, 0.15) is 208 Å². The molecule has 13 atom stereocenters. The van der Waals surface area contributed by atoms with E-state index in [1.54, 1.807) is 24.3 Å². The molecule has 3 aliphatic carbocycles. The molecule has 0 aromatic heterocycles. The van der Waals surface area contributed by atoms with Gasteiger partial charge in [-0.1, -0.05) is 111 Å². The highest BCUT2D eigenvalue weighted by Gasteiger charge is 2.38. The summed E-state index contributed by atoms with van der Waals surface area (Å²) in [5, 5.41) is 45.2. The molecule has 3 fully saturated rings. The van der Waals surface area contributed by atoms with Crippen LogP contribution in [0.25, 0.3) is 0 Å². The van der Waals surface area contributed by atoms with Gasteiger partial charge in [-0.2, -0.15) is 0 Å². The molecule has 3 saturated carbocycles. The molecule has 95 heavy (non-hydrogen) atoms. The zero-order valence-corrected chi connectivity index (χ0v) is 57.5. The molecule has 23 N–H and O–H groups in total. The Morgan fingerprint density at radius 3 is 1.03 bits per heavy atom. The number of nitrogens with one attached hydrogen (secondary N) is 12. The van der Waals surface area contributed by atoms with Crippen LogP contribution in [0, 0.1) is 35.5 Å². The number of carbonyl (C=O) groups excluding carboxylic acids is 10. The lowest BCUT2D eigenvalue weighted by Gasteiger charge is -2.34. The van der Waals surface area contributed by atoms with Crippen LogP contribution in [-0.2, 0) is 40.0 Å². The third-order valence-corrected chi connectivity index (χ3v) is 18.3. The van der Waals surface area contributed by atoms with Crippen LogP contribution in [0.3, 0.4) is 0 Å². The molecule has 0 heterocycles. The first-order valence-corrected chi connectivity index (χ1v) is 35.2. The van der Waals surface area contributed by atoms with E-state index in [9.17, 15) is 53.1 Å². The van der Waals surface area contributed by atoms with Gasteiger partial charge in [-0.05, 0) is 139 Å². The quantitative estimate of drug-likeness (QED) is 0.0332. The van der Waals surface area contributed by atoms with Gasteiger partial charge in [0.05, 0.1) is 17.8 Å². The van der Waals surface area contributed by atoms with E-state index in [1.807, 2.05) is 41.5 Å². The summed E-state index contributed by atoms with van der Waals surface area (Å²) in [5.41, 5.74) is 30.0. The summed E-state index contributed by atoms with van der Waals surface area (Å²) in [6.45, 7) is 12.4.